The fraction of sp³-hybridized carbons (Fsp3) is 0.308. The number of amides is 3. The average Bonchev–Trinajstić information content (AvgIpc) is 2.65. The van der Waals surface area contributed by atoms with Crippen LogP contribution in [-0.2, 0) is 4.79 Å². The van der Waals surface area contributed by atoms with Gasteiger partial charge in [-0.15, -0.1) is 0 Å². The number of rotatable bonds is 4. The Labute approximate surface area is 114 Å². The van der Waals surface area contributed by atoms with Gasteiger partial charge in [-0.05, 0) is 18.2 Å². The Hall–Kier alpha value is -2.44. The smallest absolute Gasteiger partial charge is 0.327 e. The van der Waals surface area contributed by atoms with Crippen LogP contribution in [0.3, 0.4) is 0 Å². The first-order valence-corrected chi connectivity index (χ1v) is 5.86. The minimum Gasteiger partial charge on any atom is -0.496 e. The first-order valence-electron chi connectivity index (χ1n) is 5.86. The quantitative estimate of drug-likeness (QED) is 0.607. The third kappa shape index (κ3) is 2.47. The van der Waals surface area contributed by atoms with E-state index in [0.717, 1.165) is 17.0 Å². The van der Waals surface area contributed by atoms with E-state index in [1.165, 1.54) is 25.1 Å². The summed E-state index contributed by atoms with van der Waals surface area (Å²) in [6, 6.07) is 2.96. The van der Waals surface area contributed by atoms with Crippen molar-refractivity contribution < 1.29 is 23.5 Å². The van der Waals surface area contributed by atoms with Crippen LogP contribution in [0.4, 0.5) is 9.18 Å². The second-order valence-corrected chi connectivity index (χ2v) is 4.39. The second-order valence-electron chi connectivity index (χ2n) is 4.39. The lowest BCUT2D eigenvalue weighted by Gasteiger charge is -2.14. The van der Waals surface area contributed by atoms with E-state index in [2.05, 4.69) is 0 Å². The normalized spacial score (nSPS) is 14.9. The molecular formula is C13H13FN2O4. The van der Waals surface area contributed by atoms with Crippen LogP contribution >= 0.6 is 0 Å². The molecule has 0 radical (unpaired) electrons. The first kappa shape index (κ1) is 14.0. The van der Waals surface area contributed by atoms with Gasteiger partial charge in [-0.1, -0.05) is 0 Å². The molecule has 6 nitrogen and oxygen atoms in total. The maximum absolute atomic E-state index is 13.2. The van der Waals surface area contributed by atoms with Gasteiger partial charge in [0.15, 0.2) is 5.78 Å². The Kier molecular flexibility index (Phi) is 3.69. The summed E-state index contributed by atoms with van der Waals surface area (Å²) in [5.74, 6) is -1.41. The molecule has 20 heavy (non-hydrogen) atoms. The van der Waals surface area contributed by atoms with Gasteiger partial charge in [0.25, 0.3) is 5.91 Å². The Balaban J connectivity index is 2.23. The van der Waals surface area contributed by atoms with Crippen LogP contribution in [0.25, 0.3) is 0 Å². The Morgan fingerprint density at radius 2 is 2.10 bits per heavy atom. The van der Waals surface area contributed by atoms with Gasteiger partial charge in [-0.2, -0.15) is 0 Å². The minimum absolute atomic E-state index is 0.00246. The highest BCUT2D eigenvalue weighted by atomic mass is 19.1. The molecule has 0 atom stereocenters. The number of benzene rings is 1. The molecule has 1 aliphatic rings. The van der Waals surface area contributed by atoms with Crippen LogP contribution in [0.2, 0.25) is 0 Å². The molecule has 2 rings (SSSR count). The number of Topliss-reactive ketones (excluding diaryl/α,β-unsaturated/α-hetero) is 1. The third-order valence-corrected chi connectivity index (χ3v) is 2.99. The van der Waals surface area contributed by atoms with Crippen molar-refractivity contribution in [2.75, 3.05) is 27.2 Å². The van der Waals surface area contributed by atoms with E-state index in [9.17, 15) is 18.8 Å². The van der Waals surface area contributed by atoms with Crippen molar-refractivity contribution in [2.45, 2.75) is 0 Å². The van der Waals surface area contributed by atoms with Crippen molar-refractivity contribution in [3.63, 3.8) is 0 Å². The molecule has 0 aromatic heterocycles. The molecule has 1 heterocycles. The van der Waals surface area contributed by atoms with Crippen LogP contribution in [-0.4, -0.2) is 54.8 Å². The molecule has 1 aromatic carbocycles. The molecule has 1 saturated heterocycles. The van der Waals surface area contributed by atoms with Crippen LogP contribution in [0.5, 0.6) is 5.75 Å². The topological polar surface area (TPSA) is 66.9 Å². The van der Waals surface area contributed by atoms with Gasteiger partial charge >= 0.3 is 6.03 Å². The number of ether oxygens (including phenoxy) is 1. The first-order chi connectivity index (χ1) is 9.43. The summed E-state index contributed by atoms with van der Waals surface area (Å²) < 4.78 is 18.2. The molecular weight excluding hydrogens is 267 g/mol. The van der Waals surface area contributed by atoms with Gasteiger partial charge in [-0.3, -0.25) is 14.5 Å². The summed E-state index contributed by atoms with van der Waals surface area (Å²) in [6.45, 7) is -0.492. The van der Waals surface area contributed by atoms with Gasteiger partial charge in [0, 0.05) is 7.05 Å². The number of carbonyl (C=O) groups excluding carboxylic acids is 3. The summed E-state index contributed by atoms with van der Waals surface area (Å²) in [5.41, 5.74) is 0.00246. The van der Waals surface area contributed by atoms with Gasteiger partial charge < -0.3 is 9.64 Å². The molecule has 1 fully saturated rings. The predicted octanol–water partition coefficient (Wildman–Crippen LogP) is 0.911. The number of hydrogen-bond acceptors (Lipinski definition) is 4. The van der Waals surface area contributed by atoms with Gasteiger partial charge in [0.1, 0.15) is 18.1 Å². The van der Waals surface area contributed by atoms with E-state index in [1.807, 2.05) is 0 Å². The average molecular weight is 280 g/mol. The zero-order valence-corrected chi connectivity index (χ0v) is 11.1. The minimum atomic E-state index is -0.592. The molecule has 1 aromatic rings. The predicted molar refractivity (Wildman–Crippen MR) is 67.0 cm³/mol. The van der Waals surface area contributed by atoms with E-state index < -0.39 is 30.1 Å². The van der Waals surface area contributed by atoms with Gasteiger partial charge in [0.05, 0.1) is 19.2 Å². The molecule has 0 spiro atoms. The summed E-state index contributed by atoms with van der Waals surface area (Å²) in [4.78, 5) is 37.4. The monoisotopic (exact) mass is 280 g/mol. The molecule has 106 valence electrons. The van der Waals surface area contributed by atoms with E-state index >= 15 is 0 Å². The SMILES string of the molecule is COc1ccc(F)cc1C(=O)CN1C(=O)CN(C)C1=O. The number of halogens is 1. The number of methoxy groups -OCH3 is 1. The molecule has 0 saturated carbocycles. The lowest BCUT2D eigenvalue weighted by Crippen LogP contribution is -2.36. The standard InChI is InChI=1S/C13H13FN2O4/c1-15-7-12(18)16(13(15)19)6-10(17)9-5-8(14)3-4-11(9)20-2/h3-5H,6-7H2,1-2H3. The number of carbonyl (C=O) groups is 3. The lowest BCUT2D eigenvalue weighted by molar-refractivity contribution is -0.125. The summed E-state index contributed by atoms with van der Waals surface area (Å²) in [6.07, 6.45) is 0. The zero-order valence-electron chi connectivity index (χ0n) is 11.1. The molecule has 0 unspecified atom stereocenters. The molecule has 0 aliphatic carbocycles. The highest BCUT2D eigenvalue weighted by molar-refractivity contribution is 6.08. The van der Waals surface area contributed by atoms with Crippen molar-refractivity contribution >= 4 is 17.7 Å². The van der Waals surface area contributed by atoms with E-state index in [-0.39, 0.29) is 17.9 Å². The highest BCUT2D eigenvalue weighted by Crippen LogP contribution is 2.21. The lowest BCUT2D eigenvalue weighted by atomic mass is 10.1. The molecule has 1 aliphatic heterocycles. The molecule has 7 heteroatoms. The summed E-state index contributed by atoms with van der Waals surface area (Å²) in [7, 11) is 2.82. The number of urea groups is 1. The van der Waals surface area contributed by atoms with Gasteiger partial charge in [0.2, 0.25) is 0 Å². The fourth-order valence-electron chi connectivity index (χ4n) is 1.95. The third-order valence-electron chi connectivity index (χ3n) is 2.99. The van der Waals surface area contributed by atoms with Crippen LogP contribution < -0.4 is 4.74 Å². The Bertz CT molecular complexity index is 588. The molecule has 0 N–H and O–H groups in total. The van der Waals surface area contributed by atoms with E-state index in [0.29, 0.717) is 0 Å². The maximum atomic E-state index is 13.2. The van der Waals surface area contributed by atoms with Crippen LogP contribution in [0.1, 0.15) is 10.4 Å². The number of nitrogens with zero attached hydrogens (tertiary/aromatic N) is 2. The van der Waals surface area contributed by atoms with Crippen molar-refractivity contribution in [1.82, 2.24) is 9.80 Å². The van der Waals surface area contributed by atoms with E-state index in [4.69, 9.17) is 4.74 Å². The number of ketones is 1. The highest BCUT2D eigenvalue weighted by Gasteiger charge is 2.35. The van der Waals surface area contributed by atoms with E-state index in [1.54, 1.807) is 0 Å². The van der Waals surface area contributed by atoms with Crippen LogP contribution in [0.15, 0.2) is 18.2 Å². The van der Waals surface area contributed by atoms with Crippen molar-refractivity contribution in [1.29, 1.82) is 0 Å². The fourth-order valence-corrected chi connectivity index (χ4v) is 1.95. The van der Waals surface area contributed by atoms with Crippen molar-refractivity contribution in [3.05, 3.63) is 29.6 Å². The maximum Gasteiger partial charge on any atom is 0.327 e. The Morgan fingerprint density at radius 1 is 1.40 bits per heavy atom. The van der Waals surface area contributed by atoms with Crippen molar-refractivity contribution in [3.8, 4) is 5.75 Å². The number of imide groups is 1. The van der Waals surface area contributed by atoms with Crippen LogP contribution in [0, 0.1) is 5.82 Å². The number of hydrogen-bond donors (Lipinski definition) is 0. The largest absolute Gasteiger partial charge is 0.496 e. The summed E-state index contributed by atoms with van der Waals surface area (Å²) >= 11 is 0. The number of likely N-dealkylation sites (N-methyl/N-ethyl adjacent to an activating group) is 1. The zero-order chi connectivity index (χ0) is 14.9. The Morgan fingerprint density at radius 3 is 2.65 bits per heavy atom. The summed E-state index contributed by atoms with van der Waals surface area (Å²) in [5, 5.41) is 0. The van der Waals surface area contributed by atoms with Crippen molar-refractivity contribution in [2.24, 2.45) is 0 Å². The molecule has 3 amide bonds. The molecule has 0 bridgehead atoms. The second kappa shape index (κ2) is 5.28. The van der Waals surface area contributed by atoms with Gasteiger partial charge in [-0.25, -0.2) is 9.18 Å².